The molecule has 0 spiro atoms. The number of nitrogens with one attached hydrogen (secondary N) is 1. The van der Waals surface area contributed by atoms with Crippen LogP contribution in [0.4, 0.5) is 5.82 Å². The van der Waals surface area contributed by atoms with E-state index in [1.54, 1.807) is 6.20 Å². The number of rotatable bonds is 3. The van der Waals surface area contributed by atoms with Gasteiger partial charge in [-0.3, -0.25) is 0 Å². The molecule has 1 aliphatic rings. The van der Waals surface area contributed by atoms with Crippen LogP contribution in [0.5, 0.6) is 0 Å². The predicted molar refractivity (Wildman–Crippen MR) is 61.8 cm³/mol. The Morgan fingerprint density at radius 2 is 2.53 bits per heavy atom. The Hall–Kier alpha value is -0.680. The molecule has 1 fully saturated rings. The van der Waals surface area contributed by atoms with Crippen molar-refractivity contribution in [3.8, 4) is 0 Å². The molecule has 1 aliphatic heterocycles. The van der Waals surface area contributed by atoms with Gasteiger partial charge in [-0.1, -0.05) is 0 Å². The molecule has 2 rings (SSSR count). The van der Waals surface area contributed by atoms with Gasteiger partial charge in [0.1, 0.15) is 11.9 Å². The molecule has 0 amide bonds. The average molecular weight is 272 g/mol. The number of hydrogen-bond acceptors (Lipinski definition) is 4. The minimum atomic E-state index is 0.0792. The Morgan fingerprint density at radius 1 is 1.67 bits per heavy atom. The first-order valence-electron chi connectivity index (χ1n) is 5.19. The highest BCUT2D eigenvalue weighted by molar-refractivity contribution is 9.10. The fourth-order valence-electron chi connectivity index (χ4n) is 1.61. The van der Waals surface area contributed by atoms with Gasteiger partial charge in [0, 0.05) is 19.3 Å². The van der Waals surface area contributed by atoms with E-state index in [-0.39, 0.29) is 6.10 Å². The molecule has 15 heavy (non-hydrogen) atoms. The summed E-state index contributed by atoms with van der Waals surface area (Å²) in [6, 6.07) is 0. The highest BCUT2D eigenvalue weighted by Gasteiger charge is 2.21. The van der Waals surface area contributed by atoms with E-state index >= 15 is 0 Å². The van der Waals surface area contributed by atoms with Crippen LogP contribution in [-0.4, -0.2) is 23.1 Å². The second-order valence-corrected chi connectivity index (χ2v) is 4.31. The van der Waals surface area contributed by atoms with Crippen molar-refractivity contribution >= 4 is 21.7 Å². The fraction of sp³-hybridized carbons (Fsp3) is 0.600. The van der Waals surface area contributed by atoms with E-state index < -0.39 is 0 Å². The number of ether oxygens (including phenoxy) is 1. The number of aromatic nitrogens is 2. The Morgan fingerprint density at radius 3 is 3.20 bits per heavy atom. The number of halogens is 1. The van der Waals surface area contributed by atoms with Gasteiger partial charge < -0.3 is 10.1 Å². The van der Waals surface area contributed by atoms with Crippen LogP contribution >= 0.6 is 15.9 Å². The summed E-state index contributed by atoms with van der Waals surface area (Å²) < 4.78 is 6.44. The van der Waals surface area contributed by atoms with Crippen molar-refractivity contribution in [1.82, 2.24) is 9.97 Å². The monoisotopic (exact) mass is 271 g/mol. The van der Waals surface area contributed by atoms with Crippen LogP contribution in [0, 0.1) is 0 Å². The van der Waals surface area contributed by atoms with Crippen LogP contribution < -0.4 is 5.32 Å². The standard InChI is InChI=1S/C10H14BrN3O/c1-2-12-9-7(11)6-13-10(14-9)8-4-3-5-15-8/h6,8H,2-5H2,1H3,(H,12,13,14). The lowest BCUT2D eigenvalue weighted by Gasteiger charge is -2.10. The van der Waals surface area contributed by atoms with Crippen LogP contribution in [0.25, 0.3) is 0 Å². The van der Waals surface area contributed by atoms with E-state index in [0.717, 1.165) is 42.1 Å². The first-order chi connectivity index (χ1) is 7.31. The van der Waals surface area contributed by atoms with E-state index in [0.29, 0.717) is 0 Å². The molecule has 0 aliphatic carbocycles. The highest BCUT2D eigenvalue weighted by Crippen LogP contribution is 2.28. The first kappa shape index (κ1) is 10.8. The van der Waals surface area contributed by atoms with Gasteiger partial charge in [0.05, 0.1) is 4.47 Å². The third-order valence-electron chi connectivity index (χ3n) is 2.32. The third kappa shape index (κ3) is 2.46. The zero-order valence-electron chi connectivity index (χ0n) is 8.66. The van der Waals surface area contributed by atoms with E-state index in [2.05, 4.69) is 31.2 Å². The summed E-state index contributed by atoms with van der Waals surface area (Å²) >= 11 is 3.41. The molecule has 0 saturated carbocycles. The Labute approximate surface area is 97.6 Å². The minimum absolute atomic E-state index is 0.0792. The normalized spacial score (nSPS) is 20.5. The maximum absolute atomic E-state index is 5.54. The van der Waals surface area contributed by atoms with Gasteiger partial charge in [-0.05, 0) is 35.7 Å². The molecule has 4 nitrogen and oxygen atoms in total. The Kier molecular flexibility index (Phi) is 3.53. The Bertz CT molecular complexity index is 339. The molecular formula is C10H14BrN3O. The molecule has 2 heterocycles. The van der Waals surface area contributed by atoms with Crippen LogP contribution in [0.3, 0.4) is 0 Å². The van der Waals surface area contributed by atoms with Gasteiger partial charge >= 0.3 is 0 Å². The van der Waals surface area contributed by atoms with Crippen LogP contribution in [-0.2, 0) is 4.74 Å². The summed E-state index contributed by atoms with van der Waals surface area (Å²) in [5, 5.41) is 3.19. The van der Waals surface area contributed by atoms with E-state index in [1.807, 2.05) is 6.92 Å². The van der Waals surface area contributed by atoms with Gasteiger partial charge in [0.25, 0.3) is 0 Å². The molecule has 82 valence electrons. The summed E-state index contributed by atoms with van der Waals surface area (Å²) in [5.74, 6) is 1.63. The summed E-state index contributed by atoms with van der Waals surface area (Å²) in [6.45, 7) is 3.71. The fourth-order valence-corrected chi connectivity index (χ4v) is 1.94. The molecule has 0 aromatic carbocycles. The van der Waals surface area contributed by atoms with Crippen molar-refractivity contribution in [3.63, 3.8) is 0 Å². The topological polar surface area (TPSA) is 47.0 Å². The van der Waals surface area contributed by atoms with Crippen molar-refractivity contribution in [2.24, 2.45) is 0 Å². The van der Waals surface area contributed by atoms with Gasteiger partial charge in [0.2, 0.25) is 0 Å². The smallest absolute Gasteiger partial charge is 0.159 e. The number of anilines is 1. The Balaban J connectivity index is 2.21. The van der Waals surface area contributed by atoms with Gasteiger partial charge in [0.15, 0.2) is 5.82 Å². The maximum atomic E-state index is 5.54. The van der Waals surface area contributed by atoms with Crippen molar-refractivity contribution in [3.05, 3.63) is 16.5 Å². The van der Waals surface area contributed by atoms with E-state index in [1.165, 1.54) is 0 Å². The quantitative estimate of drug-likeness (QED) is 0.918. The maximum Gasteiger partial charge on any atom is 0.159 e. The summed E-state index contributed by atoms with van der Waals surface area (Å²) in [4.78, 5) is 8.73. The van der Waals surface area contributed by atoms with Gasteiger partial charge in [-0.15, -0.1) is 0 Å². The lowest BCUT2D eigenvalue weighted by atomic mass is 10.2. The first-order valence-corrected chi connectivity index (χ1v) is 5.98. The minimum Gasteiger partial charge on any atom is -0.370 e. The lowest BCUT2D eigenvalue weighted by molar-refractivity contribution is 0.105. The third-order valence-corrected chi connectivity index (χ3v) is 2.90. The second-order valence-electron chi connectivity index (χ2n) is 3.46. The number of hydrogen-bond donors (Lipinski definition) is 1. The van der Waals surface area contributed by atoms with Gasteiger partial charge in [-0.25, -0.2) is 9.97 Å². The van der Waals surface area contributed by atoms with Crippen molar-refractivity contribution in [2.45, 2.75) is 25.9 Å². The molecule has 1 atom stereocenters. The lowest BCUT2D eigenvalue weighted by Crippen LogP contribution is -2.07. The summed E-state index contributed by atoms with van der Waals surface area (Å²) in [6.07, 6.45) is 3.98. The summed E-state index contributed by atoms with van der Waals surface area (Å²) in [5.41, 5.74) is 0. The number of nitrogens with zero attached hydrogens (tertiary/aromatic N) is 2. The summed E-state index contributed by atoms with van der Waals surface area (Å²) in [7, 11) is 0. The van der Waals surface area contributed by atoms with Crippen LogP contribution in [0.1, 0.15) is 31.7 Å². The van der Waals surface area contributed by atoms with Crippen LogP contribution in [0.15, 0.2) is 10.7 Å². The van der Waals surface area contributed by atoms with E-state index in [9.17, 15) is 0 Å². The molecule has 1 aromatic rings. The molecular weight excluding hydrogens is 258 g/mol. The molecule has 0 radical (unpaired) electrons. The molecule has 1 aromatic heterocycles. The van der Waals surface area contributed by atoms with Crippen molar-refractivity contribution < 1.29 is 4.74 Å². The molecule has 1 N–H and O–H groups in total. The molecule has 0 bridgehead atoms. The van der Waals surface area contributed by atoms with Crippen molar-refractivity contribution in [2.75, 3.05) is 18.5 Å². The SMILES string of the molecule is CCNc1nc(C2CCCO2)ncc1Br. The van der Waals surface area contributed by atoms with Gasteiger partial charge in [-0.2, -0.15) is 0 Å². The average Bonchev–Trinajstić information content (AvgIpc) is 2.75. The van der Waals surface area contributed by atoms with Crippen molar-refractivity contribution in [1.29, 1.82) is 0 Å². The second kappa shape index (κ2) is 4.90. The predicted octanol–water partition coefficient (Wildman–Crippen LogP) is 2.52. The van der Waals surface area contributed by atoms with E-state index in [4.69, 9.17) is 4.74 Å². The molecule has 1 unspecified atom stereocenters. The largest absolute Gasteiger partial charge is 0.370 e. The zero-order valence-corrected chi connectivity index (χ0v) is 10.2. The molecule has 1 saturated heterocycles. The molecule has 5 heteroatoms. The van der Waals surface area contributed by atoms with Crippen LogP contribution in [0.2, 0.25) is 0 Å². The highest BCUT2D eigenvalue weighted by atomic mass is 79.9. The zero-order chi connectivity index (χ0) is 10.7.